The lowest BCUT2D eigenvalue weighted by Crippen LogP contribution is -2.09. The maximum absolute atomic E-state index is 12.2. The molecule has 18 heavy (non-hydrogen) atoms. The summed E-state index contributed by atoms with van der Waals surface area (Å²) in [7, 11) is 2.31. The van der Waals surface area contributed by atoms with Crippen LogP contribution in [0, 0.1) is 11.3 Å². The van der Waals surface area contributed by atoms with E-state index in [-0.39, 0.29) is 16.9 Å². The van der Waals surface area contributed by atoms with Gasteiger partial charge in [-0.15, -0.1) is 0 Å². The molecule has 0 aromatic heterocycles. The molecule has 0 aliphatic rings. The number of nitrogens with zero attached hydrogens (tertiary/aromatic N) is 1. The van der Waals surface area contributed by atoms with Gasteiger partial charge in [0.15, 0.2) is 11.5 Å². The Morgan fingerprint density at radius 1 is 1.39 bits per heavy atom. The third kappa shape index (κ3) is 2.85. The highest BCUT2D eigenvalue weighted by Crippen LogP contribution is 2.34. The van der Waals surface area contributed by atoms with Crippen LogP contribution in [0.3, 0.4) is 0 Å². The lowest BCUT2D eigenvalue weighted by Gasteiger charge is -2.13. The van der Waals surface area contributed by atoms with Gasteiger partial charge in [-0.05, 0) is 6.07 Å². The molecule has 0 atom stereocenters. The largest absolute Gasteiger partial charge is 0.492 e. The Morgan fingerprint density at radius 3 is 2.50 bits per heavy atom. The van der Waals surface area contributed by atoms with Gasteiger partial charge in [0, 0.05) is 6.07 Å². The standard InChI is InChI=1S/C11H9F2NO4/c1-16-9-7(10(15)17-2)3-6(5-14)4-8(9)18-11(12)13/h3-4,11H,1-2H3. The quantitative estimate of drug-likeness (QED) is 0.771. The van der Waals surface area contributed by atoms with Gasteiger partial charge in [0.2, 0.25) is 0 Å². The average molecular weight is 257 g/mol. The lowest BCUT2D eigenvalue weighted by molar-refractivity contribution is -0.0513. The molecular weight excluding hydrogens is 248 g/mol. The van der Waals surface area contributed by atoms with Crippen molar-refractivity contribution in [3.8, 4) is 17.6 Å². The summed E-state index contributed by atoms with van der Waals surface area (Å²) in [4.78, 5) is 11.4. The zero-order valence-electron chi connectivity index (χ0n) is 9.57. The zero-order chi connectivity index (χ0) is 13.7. The molecule has 0 bridgehead atoms. The monoisotopic (exact) mass is 257 g/mol. The first-order valence-electron chi connectivity index (χ1n) is 4.68. The second-order valence-electron chi connectivity index (χ2n) is 3.04. The number of benzene rings is 1. The molecule has 0 aliphatic carbocycles. The molecule has 0 spiro atoms. The van der Waals surface area contributed by atoms with Crippen LogP contribution in [-0.4, -0.2) is 26.8 Å². The molecule has 0 saturated carbocycles. The number of hydrogen-bond donors (Lipinski definition) is 0. The SMILES string of the molecule is COC(=O)c1cc(C#N)cc(OC(F)F)c1OC. The molecule has 1 aromatic carbocycles. The first-order chi connectivity index (χ1) is 8.53. The van der Waals surface area contributed by atoms with Crippen molar-refractivity contribution < 1.29 is 27.8 Å². The fourth-order valence-electron chi connectivity index (χ4n) is 1.32. The molecular formula is C11H9F2NO4. The van der Waals surface area contributed by atoms with E-state index >= 15 is 0 Å². The summed E-state index contributed by atoms with van der Waals surface area (Å²) >= 11 is 0. The minimum absolute atomic E-state index is 0.0214. The van der Waals surface area contributed by atoms with Gasteiger partial charge < -0.3 is 14.2 Å². The second-order valence-corrected chi connectivity index (χ2v) is 3.04. The van der Waals surface area contributed by atoms with E-state index in [9.17, 15) is 13.6 Å². The number of esters is 1. The molecule has 96 valence electrons. The lowest BCUT2D eigenvalue weighted by atomic mass is 10.1. The van der Waals surface area contributed by atoms with E-state index in [2.05, 4.69) is 9.47 Å². The molecule has 0 aliphatic heterocycles. The van der Waals surface area contributed by atoms with Crippen LogP contribution < -0.4 is 9.47 Å². The topological polar surface area (TPSA) is 68.6 Å². The molecule has 1 rings (SSSR count). The average Bonchev–Trinajstić information content (AvgIpc) is 2.36. The number of methoxy groups -OCH3 is 2. The van der Waals surface area contributed by atoms with Gasteiger partial charge in [-0.3, -0.25) is 0 Å². The maximum Gasteiger partial charge on any atom is 0.387 e. The van der Waals surface area contributed by atoms with Crippen LogP contribution in [0.25, 0.3) is 0 Å². The number of carbonyl (C=O) groups excluding carboxylic acids is 1. The molecule has 0 heterocycles. The number of rotatable bonds is 4. The number of ether oxygens (including phenoxy) is 3. The van der Waals surface area contributed by atoms with E-state index < -0.39 is 18.3 Å². The van der Waals surface area contributed by atoms with E-state index in [1.165, 1.54) is 13.2 Å². The van der Waals surface area contributed by atoms with E-state index in [4.69, 9.17) is 10.00 Å². The Kier molecular flexibility index (Phi) is 4.43. The van der Waals surface area contributed by atoms with Crippen molar-refractivity contribution in [1.82, 2.24) is 0 Å². The predicted molar refractivity (Wildman–Crippen MR) is 55.7 cm³/mol. The summed E-state index contributed by atoms with van der Waals surface area (Å²) in [6.45, 7) is -3.10. The van der Waals surface area contributed by atoms with Gasteiger partial charge in [-0.1, -0.05) is 0 Å². The van der Waals surface area contributed by atoms with Crippen molar-refractivity contribution in [3.63, 3.8) is 0 Å². The Balaban J connectivity index is 3.40. The van der Waals surface area contributed by atoms with Gasteiger partial charge in [0.1, 0.15) is 5.56 Å². The highest BCUT2D eigenvalue weighted by atomic mass is 19.3. The third-order valence-electron chi connectivity index (χ3n) is 2.01. The molecule has 7 heteroatoms. The van der Waals surface area contributed by atoms with Crippen LogP contribution >= 0.6 is 0 Å². The van der Waals surface area contributed by atoms with Gasteiger partial charge in [0.25, 0.3) is 0 Å². The Morgan fingerprint density at radius 2 is 2.06 bits per heavy atom. The summed E-state index contributed by atoms with van der Waals surface area (Å²) in [6.07, 6.45) is 0. The van der Waals surface area contributed by atoms with Gasteiger partial charge in [0.05, 0.1) is 25.9 Å². The van der Waals surface area contributed by atoms with Crippen LogP contribution in [0.5, 0.6) is 11.5 Å². The highest BCUT2D eigenvalue weighted by molar-refractivity contribution is 5.94. The Bertz CT molecular complexity index is 497. The Hall–Kier alpha value is -2.36. The summed E-state index contributed by atoms with van der Waals surface area (Å²) in [6, 6.07) is 3.95. The molecule has 0 unspecified atom stereocenters. The minimum Gasteiger partial charge on any atom is -0.492 e. The summed E-state index contributed by atoms with van der Waals surface area (Å²) in [5.41, 5.74) is -0.179. The number of hydrogen-bond acceptors (Lipinski definition) is 5. The van der Waals surface area contributed by atoms with Crippen LogP contribution in [0.1, 0.15) is 15.9 Å². The van der Waals surface area contributed by atoms with E-state index in [1.54, 1.807) is 6.07 Å². The summed E-state index contributed by atoms with van der Waals surface area (Å²) < 4.78 is 37.9. The van der Waals surface area contributed by atoms with Crippen LogP contribution in [0.2, 0.25) is 0 Å². The summed E-state index contributed by atoms with van der Waals surface area (Å²) in [5, 5.41) is 8.75. The minimum atomic E-state index is -3.10. The van der Waals surface area contributed by atoms with Crippen LogP contribution in [-0.2, 0) is 4.74 Å². The highest BCUT2D eigenvalue weighted by Gasteiger charge is 2.21. The van der Waals surface area contributed by atoms with Crippen molar-refractivity contribution in [3.05, 3.63) is 23.3 Å². The first kappa shape index (κ1) is 13.7. The molecule has 0 N–H and O–H groups in total. The molecule has 0 saturated heterocycles. The third-order valence-corrected chi connectivity index (χ3v) is 2.01. The number of halogens is 2. The van der Waals surface area contributed by atoms with Crippen molar-refractivity contribution in [2.45, 2.75) is 6.61 Å². The molecule has 5 nitrogen and oxygen atoms in total. The summed E-state index contributed by atoms with van der Waals surface area (Å²) in [5.74, 6) is -1.42. The fourth-order valence-corrected chi connectivity index (χ4v) is 1.32. The zero-order valence-corrected chi connectivity index (χ0v) is 9.57. The van der Waals surface area contributed by atoms with E-state index in [0.717, 1.165) is 13.2 Å². The molecule has 0 amide bonds. The normalized spacial score (nSPS) is 9.78. The predicted octanol–water partition coefficient (Wildman–Crippen LogP) is 1.95. The van der Waals surface area contributed by atoms with Crippen molar-refractivity contribution in [1.29, 1.82) is 5.26 Å². The fraction of sp³-hybridized carbons (Fsp3) is 0.273. The smallest absolute Gasteiger partial charge is 0.387 e. The van der Waals surface area contributed by atoms with Gasteiger partial charge in [-0.2, -0.15) is 14.0 Å². The second kappa shape index (κ2) is 5.82. The number of alkyl halides is 2. The van der Waals surface area contributed by atoms with Gasteiger partial charge >= 0.3 is 12.6 Å². The first-order valence-corrected chi connectivity index (χ1v) is 4.68. The number of nitriles is 1. The van der Waals surface area contributed by atoms with E-state index in [1.807, 2.05) is 0 Å². The van der Waals surface area contributed by atoms with Gasteiger partial charge in [-0.25, -0.2) is 4.79 Å². The number of carbonyl (C=O) groups is 1. The maximum atomic E-state index is 12.2. The van der Waals surface area contributed by atoms with Crippen LogP contribution in [0.15, 0.2) is 12.1 Å². The van der Waals surface area contributed by atoms with Crippen LogP contribution in [0.4, 0.5) is 8.78 Å². The molecule has 0 fully saturated rings. The molecule has 1 aromatic rings. The van der Waals surface area contributed by atoms with Crippen molar-refractivity contribution in [2.75, 3.05) is 14.2 Å². The van der Waals surface area contributed by atoms with E-state index in [0.29, 0.717) is 0 Å². The van der Waals surface area contributed by atoms with Crippen molar-refractivity contribution >= 4 is 5.97 Å². The Labute approximate surface area is 101 Å². The molecule has 0 radical (unpaired) electrons. The van der Waals surface area contributed by atoms with Crippen molar-refractivity contribution in [2.24, 2.45) is 0 Å².